The molecule has 1 aliphatic heterocycles. The molecule has 1 atom stereocenters. The highest BCUT2D eigenvalue weighted by molar-refractivity contribution is 7.99. The summed E-state index contributed by atoms with van der Waals surface area (Å²) in [6.07, 6.45) is 1.79. The molecule has 0 fully saturated rings. The van der Waals surface area contributed by atoms with Crippen LogP contribution in [-0.4, -0.2) is 18.3 Å². The summed E-state index contributed by atoms with van der Waals surface area (Å²) in [5.74, 6) is 1.25. The molecule has 1 aromatic carbocycles. The largest absolute Gasteiger partial charge is 0.338 e. The van der Waals surface area contributed by atoms with Gasteiger partial charge < -0.3 is 10.6 Å². The number of hydrogen-bond donors (Lipinski definition) is 2. The van der Waals surface area contributed by atoms with Crippen LogP contribution in [0.2, 0.25) is 0 Å². The second-order valence-electron chi connectivity index (χ2n) is 5.45. The first-order chi connectivity index (χ1) is 9.56. The van der Waals surface area contributed by atoms with E-state index >= 15 is 0 Å². The zero-order valence-electron chi connectivity index (χ0n) is 11.9. The number of urea groups is 1. The van der Waals surface area contributed by atoms with Crippen molar-refractivity contribution in [1.29, 1.82) is 0 Å². The standard InChI is InChI=1S/C15H21FN2OS/c1-10(2)5-7-17-15(19)18-13-6-8-20-14-4-3-11(16)9-12(13)14/h3-4,9-10,13H,5-8H2,1-2H3,(H2,17,18,19). The van der Waals surface area contributed by atoms with Gasteiger partial charge in [0.25, 0.3) is 0 Å². The van der Waals surface area contributed by atoms with Gasteiger partial charge in [0.05, 0.1) is 6.04 Å². The molecule has 2 N–H and O–H groups in total. The number of benzene rings is 1. The third-order valence-corrected chi connectivity index (χ3v) is 4.45. The molecule has 1 heterocycles. The first kappa shape index (κ1) is 15.2. The topological polar surface area (TPSA) is 41.1 Å². The Morgan fingerprint density at radius 1 is 1.50 bits per heavy atom. The number of thioether (sulfide) groups is 1. The normalized spacial score (nSPS) is 17.7. The van der Waals surface area contributed by atoms with Crippen molar-refractivity contribution in [2.75, 3.05) is 12.3 Å². The predicted octanol–water partition coefficient (Wildman–Crippen LogP) is 3.71. The van der Waals surface area contributed by atoms with E-state index in [-0.39, 0.29) is 17.9 Å². The van der Waals surface area contributed by atoms with Crippen molar-refractivity contribution in [2.45, 2.75) is 37.6 Å². The molecule has 2 amide bonds. The second kappa shape index (κ2) is 6.97. The molecular formula is C15H21FN2OS. The highest BCUT2D eigenvalue weighted by Crippen LogP contribution is 2.36. The van der Waals surface area contributed by atoms with Crippen LogP contribution in [-0.2, 0) is 0 Å². The minimum absolute atomic E-state index is 0.0963. The minimum atomic E-state index is -0.252. The van der Waals surface area contributed by atoms with Crippen LogP contribution in [0.25, 0.3) is 0 Å². The van der Waals surface area contributed by atoms with Crippen LogP contribution in [0.5, 0.6) is 0 Å². The van der Waals surface area contributed by atoms with Gasteiger partial charge in [-0.1, -0.05) is 13.8 Å². The molecule has 0 spiro atoms. The summed E-state index contributed by atoms with van der Waals surface area (Å²) in [6, 6.07) is 4.52. The lowest BCUT2D eigenvalue weighted by Gasteiger charge is -2.26. The monoisotopic (exact) mass is 296 g/mol. The molecule has 1 unspecified atom stereocenters. The Balaban J connectivity index is 1.94. The van der Waals surface area contributed by atoms with Gasteiger partial charge in [0.2, 0.25) is 0 Å². The number of halogens is 1. The van der Waals surface area contributed by atoms with Gasteiger partial charge in [-0.05, 0) is 42.5 Å². The van der Waals surface area contributed by atoms with Gasteiger partial charge in [-0.3, -0.25) is 0 Å². The molecule has 0 saturated carbocycles. The first-order valence-corrected chi connectivity index (χ1v) is 8.01. The Bertz CT molecular complexity index is 479. The lowest BCUT2D eigenvalue weighted by molar-refractivity contribution is 0.236. The molecule has 2 rings (SSSR count). The third kappa shape index (κ3) is 4.13. The fraction of sp³-hybridized carbons (Fsp3) is 0.533. The summed E-state index contributed by atoms with van der Waals surface area (Å²) in [5.41, 5.74) is 0.889. The maximum Gasteiger partial charge on any atom is 0.315 e. The Kier molecular flexibility index (Phi) is 5.29. The molecule has 110 valence electrons. The summed E-state index contributed by atoms with van der Waals surface area (Å²) in [5, 5.41) is 5.80. The van der Waals surface area contributed by atoms with Crippen LogP contribution in [0.3, 0.4) is 0 Å². The number of rotatable bonds is 4. The highest BCUT2D eigenvalue weighted by Gasteiger charge is 2.22. The summed E-state index contributed by atoms with van der Waals surface area (Å²) < 4.78 is 13.4. The molecule has 0 aliphatic carbocycles. The molecule has 0 aromatic heterocycles. The quantitative estimate of drug-likeness (QED) is 0.889. The van der Waals surface area contributed by atoms with E-state index in [0.29, 0.717) is 12.5 Å². The number of amides is 2. The minimum Gasteiger partial charge on any atom is -0.338 e. The van der Waals surface area contributed by atoms with Gasteiger partial charge in [-0.25, -0.2) is 9.18 Å². The Morgan fingerprint density at radius 2 is 2.30 bits per heavy atom. The van der Waals surface area contributed by atoms with Crippen LogP contribution in [0, 0.1) is 11.7 Å². The summed E-state index contributed by atoms with van der Waals surface area (Å²) in [6.45, 7) is 4.91. The fourth-order valence-corrected chi connectivity index (χ4v) is 3.30. The number of fused-ring (bicyclic) bond motifs is 1. The Morgan fingerprint density at radius 3 is 3.05 bits per heavy atom. The first-order valence-electron chi connectivity index (χ1n) is 7.03. The lowest BCUT2D eigenvalue weighted by atomic mass is 10.0. The number of nitrogens with one attached hydrogen (secondary N) is 2. The van der Waals surface area contributed by atoms with E-state index in [9.17, 15) is 9.18 Å². The van der Waals surface area contributed by atoms with E-state index in [1.807, 2.05) is 0 Å². The molecule has 3 nitrogen and oxygen atoms in total. The van der Waals surface area contributed by atoms with Crippen LogP contribution < -0.4 is 10.6 Å². The molecular weight excluding hydrogens is 275 g/mol. The van der Waals surface area contributed by atoms with Crippen molar-refractivity contribution in [3.05, 3.63) is 29.6 Å². The van der Waals surface area contributed by atoms with E-state index in [1.165, 1.54) is 12.1 Å². The second-order valence-corrected chi connectivity index (χ2v) is 6.59. The van der Waals surface area contributed by atoms with Gasteiger partial charge in [-0.2, -0.15) is 0 Å². The summed E-state index contributed by atoms with van der Waals surface area (Å²) in [7, 11) is 0. The molecule has 0 saturated heterocycles. The Labute approximate surface area is 123 Å². The van der Waals surface area contributed by atoms with Crippen molar-refractivity contribution in [1.82, 2.24) is 10.6 Å². The van der Waals surface area contributed by atoms with E-state index in [2.05, 4.69) is 24.5 Å². The molecule has 0 radical (unpaired) electrons. The van der Waals surface area contributed by atoms with Crippen molar-refractivity contribution in [2.24, 2.45) is 5.92 Å². The maximum absolute atomic E-state index is 13.4. The average Bonchev–Trinajstić information content (AvgIpc) is 2.39. The van der Waals surface area contributed by atoms with E-state index < -0.39 is 0 Å². The predicted molar refractivity (Wildman–Crippen MR) is 80.5 cm³/mol. The van der Waals surface area contributed by atoms with Crippen molar-refractivity contribution in [3.8, 4) is 0 Å². The molecule has 1 aliphatic rings. The van der Waals surface area contributed by atoms with Crippen molar-refractivity contribution in [3.63, 3.8) is 0 Å². The van der Waals surface area contributed by atoms with E-state index in [4.69, 9.17) is 0 Å². The average molecular weight is 296 g/mol. The molecule has 0 bridgehead atoms. The van der Waals surface area contributed by atoms with Gasteiger partial charge in [0, 0.05) is 17.2 Å². The lowest BCUT2D eigenvalue weighted by Crippen LogP contribution is -2.39. The smallest absolute Gasteiger partial charge is 0.315 e. The third-order valence-electron chi connectivity index (χ3n) is 3.32. The van der Waals surface area contributed by atoms with Crippen LogP contribution >= 0.6 is 11.8 Å². The van der Waals surface area contributed by atoms with E-state index in [0.717, 1.165) is 29.1 Å². The van der Waals surface area contributed by atoms with E-state index in [1.54, 1.807) is 17.8 Å². The molecule has 1 aromatic rings. The van der Waals surface area contributed by atoms with Crippen LogP contribution in [0.1, 0.15) is 38.3 Å². The summed E-state index contributed by atoms with van der Waals surface area (Å²) >= 11 is 1.71. The van der Waals surface area contributed by atoms with Gasteiger partial charge in [-0.15, -0.1) is 11.8 Å². The van der Waals surface area contributed by atoms with Crippen LogP contribution in [0.15, 0.2) is 23.1 Å². The number of hydrogen-bond acceptors (Lipinski definition) is 2. The SMILES string of the molecule is CC(C)CCNC(=O)NC1CCSc2ccc(F)cc21. The fourth-order valence-electron chi connectivity index (χ4n) is 2.20. The zero-order valence-corrected chi connectivity index (χ0v) is 12.7. The van der Waals surface area contributed by atoms with Gasteiger partial charge >= 0.3 is 6.03 Å². The summed E-state index contributed by atoms with van der Waals surface area (Å²) in [4.78, 5) is 12.9. The molecule has 20 heavy (non-hydrogen) atoms. The van der Waals surface area contributed by atoms with Gasteiger partial charge in [0.15, 0.2) is 0 Å². The van der Waals surface area contributed by atoms with Crippen molar-refractivity contribution < 1.29 is 9.18 Å². The number of carbonyl (C=O) groups is 1. The highest BCUT2D eigenvalue weighted by atomic mass is 32.2. The number of carbonyl (C=O) groups excluding carboxylic acids is 1. The van der Waals surface area contributed by atoms with Crippen molar-refractivity contribution >= 4 is 17.8 Å². The zero-order chi connectivity index (χ0) is 14.5. The van der Waals surface area contributed by atoms with Gasteiger partial charge in [0.1, 0.15) is 5.82 Å². The molecule has 5 heteroatoms. The van der Waals surface area contributed by atoms with Crippen LogP contribution in [0.4, 0.5) is 9.18 Å². The maximum atomic E-state index is 13.4. The Hall–Kier alpha value is -1.23.